The summed E-state index contributed by atoms with van der Waals surface area (Å²) in [4.78, 5) is 27.1. The van der Waals surface area contributed by atoms with Crippen molar-refractivity contribution in [2.45, 2.75) is 39.0 Å². The van der Waals surface area contributed by atoms with Crippen molar-refractivity contribution in [3.8, 4) is 11.1 Å². The van der Waals surface area contributed by atoms with Gasteiger partial charge in [0.1, 0.15) is 5.69 Å². The molecule has 1 N–H and O–H groups in total. The molecule has 0 radical (unpaired) electrons. The Kier molecular flexibility index (Phi) is 6.67. The van der Waals surface area contributed by atoms with E-state index >= 15 is 0 Å². The van der Waals surface area contributed by atoms with E-state index in [2.05, 4.69) is 4.98 Å². The predicted molar refractivity (Wildman–Crippen MR) is 93.9 cm³/mol. The number of hydrogen-bond acceptors (Lipinski definition) is 3. The van der Waals surface area contributed by atoms with Crippen LogP contribution in [0.1, 0.15) is 49.5 Å². The number of aliphatic carboxylic acids is 1. The van der Waals surface area contributed by atoms with Gasteiger partial charge in [-0.25, -0.2) is 0 Å². The van der Waals surface area contributed by atoms with Gasteiger partial charge in [-0.1, -0.05) is 56.2 Å². The molecular weight excluding hydrogens is 302 g/mol. The van der Waals surface area contributed by atoms with E-state index in [1.165, 1.54) is 0 Å². The Bertz CT molecular complexity index is 665. The van der Waals surface area contributed by atoms with Crippen molar-refractivity contribution in [2.24, 2.45) is 5.92 Å². The van der Waals surface area contributed by atoms with Gasteiger partial charge in [0.05, 0.1) is 5.92 Å². The van der Waals surface area contributed by atoms with Crippen molar-refractivity contribution in [3.05, 3.63) is 54.4 Å². The number of nitrogens with zero attached hydrogens (tertiary/aromatic N) is 1. The summed E-state index contributed by atoms with van der Waals surface area (Å²) in [6, 6.07) is 13.6. The molecule has 126 valence electrons. The maximum Gasteiger partial charge on any atom is 0.306 e. The first-order chi connectivity index (χ1) is 11.6. The van der Waals surface area contributed by atoms with Crippen LogP contribution in [0.25, 0.3) is 11.1 Å². The second-order valence-corrected chi connectivity index (χ2v) is 6.06. The molecule has 4 nitrogen and oxygen atoms in total. The van der Waals surface area contributed by atoms with Crippen molar-refractivity contribution in [1.29, 1.82) is 0 Å². The predicted octanol–water partition coefficient (Wildman–Crippen LogP) is 4.60. The average Bonchev–Trinajstić information content (AvgIpc) is 2.62. The molecule has 0 bridgehead atoms. The number of unbranched alkanes of at least 4 members (excludes halogenated alkanes) is 2. The standard InChI is InChI=1S/C20H23NO3/c1-15(20(23)24)8-4-2-7-11-19(22)18-13-12-17(14-21-18)16-9-5-3-6-10-16/h3,5-6,9-10,12-15H,2,4,7-8,11H2,1H3,(H,23,24). The van der Waals surface area contributed by atoms with Gasteiger partial charge in [-0.3, -0.25) is 14.6 Å². The molecule has 4 heteroatoms. The molecule has 1 atom stereocenters. The summed E-state index contributed by atoms with van der Waals surface area (Å²) in [5.74, 6) is -1.03. The van der Waals surface area contributed by atoms with Crippen LogP contribution in [0.4, 0.5) is 0 Å². The monoisotopic (exact) mass is 325 g/mol. The highest BCUT2D eigenvalue weighted by molar-refractivity contribution is 5.94. The molecule has 0 aliphatic heterocycles. The Balaban J connectivity index is 1.78. The summed E-state index contributed by atoms with van der Waals surface area (Å²) < 4.78 is 0. The van der Waals surface area contributed by atoms with Gasteiger partial charge in [0.15, 0.2) is 5.78 Å². The summed E-state index contributed by atoms with van der Waals surface area (Å²) in [5, 5.41) is 8.82. The number of carboxylic acid groups (broad SMARTS) is 1. The molecule has 1 heterocycles. The van der Waals surface area contributed by atoms with Crippen LogP contribution in [-0.2, 0) is 4.79 Å². The van der Waals surface area contributed by atoms with E-state index in [1.807, 2.05) is 36.4 Å². The van der Waals surface area contributed by atoms with Gasteiger partial charge in [0.25, 0.3) is 0 Å². The van der Waals surface area contributed by atoms with Crippen LogP contribution in [0.15, 0.2) is 48.7 Å². The molecule has 1 unspecified atom stereocenters. The Morgan fingerprint density at radius 1 is 1.00 bits per heavy atom. The number of benzene rings is 1. The normalized spacial score (nSPS) is 11.9. The number of hydrogen-bond donors (Lipinski definition) is 1. The van der Waals surface area contributed by atoms with Crippen LogP contribution in [-0.4, -0.2) is 21.8 Å². The fourth-order valence-corrected chi connectivity index (χ4v) is 2.52. The zero-order valence-electron chi connectivity index (χ0n) is 13.9. The number of aromatic nitrogens is 1. The van der Waals surface area contributed by atoms with Crippen molar-refractivity contribution < 1.29 is 14.7 Å². The largest absolute Gasteiger partial charge is 0.481 e. The Morgan fingerprint density at radius 2 is 1.75 bits per heavy atom. The molecule has 0 amide bonds. The number of ketones is 1. The SMILES string of the molecule is CC(CCCCCC(=O)c1ccc(-c2ccccc2)cn1)C(=O)O. The van der Waals surface area contributed by atoms with Gasteiger partial charge >= 0.3 is 5.97 Å². The molecule has 0 saturated heterocycles. The zero-order valence-corrected chi connectivity index (χ0v) is 13.9. The lowest BCUT2D eigenvalue weighted by atomic mass is 10.0. The third-order valence-corrected chi connectivity index (χ3v) is 4.12. The lowest BCUT2D eigenvalue weighted by Gasteiger charge is -2.06. The number of rotatable bonds is 9. The van der Waals surface area contributed by atoms with Gasteiger partial charge in [0.2, 0.25) is 0 Å². The fraction of sp³-hybridized carbons (Fsp3) is 0.350. The minimum atomic E-state index is -0.756. The van der Waals surface area contributed by atoms with Crippen molar-refractivity contribution in [1.82, 2.24) is 4.98 Å². The average molecular weight is 325 g/mol. The van der Waals surface area contributed by atoms with E-state index in [1.54, 1.807) is 19.2 Å². The van der Waals surface area contributed by atoms with E-state index in [9.17, 15) is 9.59 Å². The van der Waals surface area contributed by atoms with E-state index in [-0.39, 0.29) is 11.7 Å². The maximum atomic E-state index is 12.1. The van der Waals surface area contributed by atoms with Crippen LogP contribution in [0.2, 0.25) is 0 Å². The van der Waals surface area contributed by atoms with E-state index in [0.29, 0.717) is 18.5 Å². The van der Waals surface area contributed by atoms with E-state index in [0.717, 1.165) is 30.4 Å². The second kappa shape index (κ2) is 8.96. The van der Waals surface area contributed by atoms with Crippen LogP contribution >= 0.6 is 0 Å². The minimum Gasteiger partial charge on any atom is -0.481 e. The number of pyridine rings is 1. The molecule has 0 saturated carbocycles. The highest BCUT2D eigenvalue weighted by atomic mass is 16.4. The first kappa shape index (κ1) is 17.9. The molecule has 24 heavy (non-hydrogen) atoms. The molecule has 0 aliphatic carbocycles. The van der Waals surface area contributed by atoms with Gasteiger partial charge in [0, 0.05) is 18.2 Å². The zero-order chi connectivity index (χ0) is 17.4. The topological polar surface area (TPSA) is 67.3 Å². The minimum absolute atomic E-state index is 0.0425. The van der Waals surface area contributed by atoms with Crippen LogP contribution < -0.4 is 0 Å². The Morgan fingerprint density at radius 3 is 2.38 bits per heavy atom. The van der Waals surface area contributed by atoms with Crippen LogP contribution in [0.3, 0.4) is 0 Å². The van der Waals surface area contributed by atoms with Gasteiger partial charge in [-0.15, -0.1) is 0 Å². The summed E-state index contributed by atoms with van der Waals surface area (Å²) in [7, 11) is 0. The van der Waals surface area contributed by atoms with E-state index in [4.69, 9.17) is 5.11 Å². The quantitative estimate of drug-likeness (QED) is 0.540. The molecular formula is C20H23NO3. The third-order valence-electron chi connectivity index (χ3n) is 4.12. The molecule has 1 aromatic carbocycles. The molecule has 0 aliphatic rings. The van der Waals surface area contributed by atoms with Gasteiger partial charge in [-0.2, -0.15) is 0 Å². The number of carboxylic acids is 1. The van der Waals surface area contributed by atoms with Crippen molar-refractivity contribution in [2.75, 3.05) is 0 Å². The summed E-state index contributed by atoms with van der Waals surface area (Å²) in [6.45, 7) is 1.71. The summed E-state index contributed by atoms with van der Waals surface area (Å²) >= 11 is 0. The first-order valence-corrected chi connectivity index (χ1v) is 8.35. The molecule has 0 spiro atoms. The highest BCUT2D eigenvalue weighted by Crippen LogP contribution is 2.18. The number of carbonyl (C=O) groups excluding carboxylic acids is 1. The summed E-state index contributed by atoms with van der Waals surface area (Å²) in [5.41, 5.74) is 2.57. The molecule has 2 rings (SSSR count). The lowest BCUT2D eigenvalue weighted by molar-refractivity contribution is -0.141. The second-order valence-electron chi connectivity index (χ2n) is 6.06. The van der Waals surface area contributed by atoms with Crippen LogP contribution in [0.5, 0.6) is 0 Å². The van der Waals surface area contributed by atoms with E-state index < -0.39 is 5.97 Å². The van der Waals surface area contributed by atoms with Crippen LogP contribution in [0, 0.1) is 5.92 Å². The molecule has 1 aromatic heterocycles. The molecule has 0 fully saturated rings. The van der Waals surface area contributed by atoms with Gasteiger partial charge in [-0.05, 0) is 24.5 Å². The Labute approximate surface area is 142 Å². The van der Waals surface area contributed by atoms with Crippen molar-refractivity contribution >= 4 is 11.8 Å². The third kappa shape index (κ3) is 5.30. The fourth-order valence-electron chi connectivity index (χ4n) is 2.52. The molecule has 2 aromatic rings. The van der Waals surface area contributed by atoms with Gasteiger partial charge < -0.3 is 5.11 Å². The summed E-state index contributed by atoms with van der Waals surface area (Å²) in [6.07, 6.45) is 5.32. The number of Topliss-reactive ketones (excluding diaryl/α,β-unsaturated/α-hetero) is 1. The highest BCUT2D eigenvalue weighted by Gasteiger charge is 2.11. The Hall–Kier alpha value is -2.49. The lowest BCUT2D eigenvalue weighted by Crippen LogP contribution is -2.09. The maximum absolute atomic E-state index is 12.1. The smallest absolute Gasteiger partial charge is 0.306 e. The first-order valence-electron chi connectivity index (χ1n) is 8.35. The van der Waals surface area contributed by atoms with Crippen molar-refractivity contribution in [3.63, 3.8) is 0 Å². The number of carbonyl (C=O) groups is 2.